The number of amides is 1. The fraction of sp³-hybridized carbons (Fsp3) is 0.500. The summed E-state index contributed by atoms with van der Waals surface area (Å²) in [7, 11) is 0. The molecule has 2 aromatic heterocycles. The lowest BCUT2D eigenvalue weighted by Crippen LogP contribution is -2.39. The number of halogens is 1. The van der Waals surface area contributed by atoms with Crippen LogP contribution in [0.4, 0.5) is 11.5 Å². The van der Waals surface area contributed by atoms with Gasteiger partial charge in [0.25, 0.3) is 5.91 Å². The van der Waals surface area contributed by atoms with Gasteiger partial charge in [0.05, 0.1) is 35.1 Å². The van der Waals surface area contributed by atoms with Gasteiger partial charge in [0.15, 0.2) is 5.65 Å². The van der Waals surface area contributed by atoms with Crippen LogP contribution in [0, 0.1) is 6.92 Å². The van der Waals surface area contributed by atoms with Crippen LogP contribution in [0.2, 0.25) is 5.02 Å². The molecule has 11 heteroatoms. The molecular weight excluding hydrogens is 510 g/mol. The summed E-state index contributed by atoms with van der Waals surface area (Å²) in [6.45, 7) is 6.79. The van der Waals surface area contributed by atoms with Crippen molar-refractivity contribution >= 4 is 46.6 Å². The number of carbonyl (C=O) groups is 1. The molecule has 37 heavy (non-hydrogen) atoms. The van der Waals surface area contributed by atoms with E-state index < -0.39 is 6.10 Å². The van der Waals surface area contributed by atoms with Gasteiger partial charge in [0, 0.05) is 48.7 Å². The Hall–Kier alpha value is -2.53. The SMILES string of the molecule is CCNC1CN(c2nc3cc(C4CCCCN4C(=O)c4cc(Cl)ccc4NSC)nn3cc2C)CC1O. The van der Waals surface area contributed by atoms with Crippen molar-refractivity contribution in [3.05, 3.63) is 52.3 Å². The third-order valence-corrected chi connectivity index (χ3v) is 7.87. The van der Waals surface area contributed by atoms with Crippen LogP contribution in [0.15, 0.2) is 30.5 Å². The van der Waals surface area contributed by atoms with Crippen LogP contribution in [-0.2, 0) is 0 Å². The molecule has 0 saturated carbocycles. The summed E-state index contributed by atoms with van der Waals surface area (Å²) in [6.07, 6.45) is 6.30. The Morgan fingerprint density at radius 2 is 2.11 bits per heavy atom. The lowest BCUT2D eigenvalue weighted by atomic mass is 9.98. The summed E-state index contributed by atoms with van der Waals surface area (Å²) in [6, 6.07) is 7.26. The fourth-order valence-corrected chi connectivity index (χ4v) is 6.02. The van der Waals surface area contributed by atoms with E-state index in [4.69, 9.17) is 21.7 Å². The number of aliphatic hydroxyl groups is 1. The lowest BCUT2D eigenvalue weighted by molar-refractivity contribution is 0.0607. The summed E-state index contributed by atoms with van der Waals surface area (Å²) in [4.78, 5) is 22.8. The zero-order chi connectivity index (χ0) is 26.1. The van der Waals surface area contributed by atoms with Crippen molar-refractivity contribution in [3.63, 3.8) is 0 Å². The van der Waals surface area contributed by atoms with Crippen molar-refractivity contribution in [2.75, 3.05) is 42.1 Å². The van der Waals surface area contributed by atoms with Crippen molar-refractivity contribution in [1.29, 1.82) is 0 Å². The van der Waals surface area contributed by atoms with Crippen LogP contribution < -0.4 is 14.9 Å². The van der Waals surface area contributed by atoms with Crippen LogP contribution in [0.1, 0.15) is 53.8 Å². The summed E-state index contributed by atoms with van der Waals surface area (Å²) >= 11 is 7.72. The third kappa shape index (κ3) is 5.25. The van der Waals surface area contributed by atoms with Crippen molar-refractivity contribution in [1.82, 2.24) is 24.8 Å². The second-order valence-electron chi connectivity index (χ2n) is 9.76. The van der Waals surface area contributed by atoms with E-state index in [-0.39, 0.29) is 18.0 Å². The summed E-state index contributed by atoms with van der Waals surface area (Å²) in [5, 5.41) is 19.2. The molecule has 0 bridgehead atoms. The number of carbonyl (C=O) groups excluding carboxylic acids is 1. The number of benzene rings is 1. The minimum Gasteiger partial charge on any atom is -0.390 e. The Bertz CT molecular complexity index is 1290. The monoisotopic (exact) mass is 543 g/mol. The Kier molecular flexibility index (Phi) is 7.80. The van der Waals surface area contributed by atoms with Gasteiger partial charge in [-0.1, -0.05) is 30.5 Å². The van der Waals surface area contributed by atoms with Crippen LogP contribution in [0.25, 0.3) is 5.65 Å². The Balaban J connectivity index is 1.45. The summed E-state index contributed by atoms with van der Waals surface area (Å²) in [5.41, 5.74) is 3.89. The molecule has 0 spiro atoms. The van der Waals surface area contributed by atoms with Crippen LogP contribution in [0.5, 0.6) is 0 Å². The van der Waals surface area contributed by atoms with E-state index in [1.807, 2.05) is 43.3 Å². The number of aromatic nitrogens is 3. The first-order chi connectivity index (χ1) is 17.9. The Morgan fingerprint density at radius 1 is 1.27 bits per heavy atom. The molecule has 5 rings (SSSR count). The number of piperidine rings is 1. The van der Waals surface area contributed by atoms with E-state index in [2.05, 4.69) is 14.9 Å². The standard InChI is InChI=1S/C26H34ClN7O2S/c1-4-28-21-14-32(15-23(21)35)25-16(2)13-34-24(29-25)12-20(30-34)22-7-5-6-10-33(22)26(36)18-11-17(27)8-9-19(18)31-37-3/h8-9,11-13,21-23,28,31,35H,4-7,10,14-15H2,1-3H3. The molecule has 1 aromatic carbocycles. The highest BCUT2D eigenvalue weighted by Crippen LogP contribution is 2.34. The molecule has 198 valence electrons. The number of aliphatic hydroxyl groups excluding tert-OH is 1. The first kappa shape index (κ1) is 26.1. The van der Waals surface area contributed by atoms with Gasteiger partial charge in [-0.15, -0.1) is 0 Å². The second kappa shape index (κ2) is 11.1. The molecule has 0 radical (unpaired) electrons. The minimum atomic E-state index is -0.434. The maximum absolute atomic E-state index is 13.8. The van der Waals surface area contributed by atoms with Crippen LogP contribution in [-0.4, -0.2) is 75.1 Å². The number of fused-ring (bicyclic) bond motifs is 1. The number of hydrogen-bond donors (Lipinski definition) is 3. The zero-order valence-electron chi connectivity index (χ0n) is 21.4. The molecule has 3 atom stereocenters. The van der Waals surface area contributed by atoms with Gasteiger partial charge in [0.2, 0.25) is 0 Å². The van der Waals surface area contributed by atoms with Crippen molar-refractivity contribution in [3.8, 4) is 0 Å². The highest BCUT2D eigenvalue weighted by molar-refractivity contribution is 7.99. The molecule has 1 amide bonds. The Labute approximate surface area is 226 Å². The van der Waals surface area contributed by atoms with Gasteiger partial charge in [0.1, 0.15) is 5.82 Å². The minimum absolute atomic E-state index is 0.0293. The third-order valence-electron chi connectivity index (χ3n) is 7.21. The molecule has 3 unspecified atom stereocenters. The average molecular weight is 544 g/mol. The first-order valence-corrected chi connectivity index (χ1v) is 14.4. The van der Waals surface area contributed by atoms with Gasteiger partial charge in [-0.25, -0.2) is 9.50 Å². The first-order valence-electron chi connectivity index (χ1n) is 12.8. The quantitative estimate of drug-likeness (QED) is 0.386. The van der Waals surface area contributed by atoms with Crippen LogP contribution in [0.3, 0.4) is 0 Å². The number of β-amino-alcohol motifs (C(OH)–C–C–N with tert-alkyl or cyclic N) is 1. The van der Waals surface area contributed by atoms with Gasteiger partial charge >= 0.3 is 0 Å². The molecule has 9 nitrogen and oxygen atoms in total. The maximum Gasteiger partial charge on any atom is 0.256 e. The zero-order valence-corrected chi connectivity index (χ0v) is 23.0. The summed E-state index contributed by atoms with van der Waals surface area (Å²) in [5.74, 6) is 0.813. The molecule has 2 fully saturated rings. The summed E-state index contributed by atoms with van der Waals surface area (Å²) < 4.78 is 5.01. The van der Waals surface area contributed by atoms with E-state index in [1.165, 1.54) is 11.9 Å². The molecule has 0 aliphatic carbocycles. The number of likely N-dealkylation sites (N-methyl/N-ethyl adjacent to an activating group) is 1. The van der Waals surface area contributed by atoms with E-state index in [0.717, 1.165) is 54.2 Å². The van der Waals surface area contributed by atoms with Crippen molar-refractivity contribution in [2.24, 2.45) is 0 Å². The second-order valence-corrected chi connectivity index (χ2v) is 10.8. The van der Waals surface area contributed by atoms with E-state index in [0.29, 0.717) is 30.2 Å². The normalized spacial score (nSPS) is 22.1. The van der Waals surface area contributed by atoms with E-state index >= 15 is 0 Å². The maximum atomic E-state index is 13.8. The average Bonchev–Trinajstić information content (AvgIpc) is 3.47. The number of aryl methyl sites for hydroxylation is 1. The van der Waals surface area contributed by atoms with E-state index in [9.17, 15) is 9.90 Å². The van der Waals surface area contributed by atoms with Crippen molar-refractivity contribution in [2.45, 2.75) is 51.3 Å². The Morgan fingerprint density at radius 3 is 2.89 bits per heavy atom. The molecule has 2 saturated heterocycles. The number of likely N-dealkylation sites (tertiary alicyclic amines) is 1. The number of nitrogens with one attached hydrogen (secondary N) is 2. The number of nitrogens with zero attached hydrogens (tertiary/aromatic N) is 5. The fourth-order valence-electron chi connectivity index (χ4n) is 5.45. The highest BCUT2D eigenvalue weighted by Gasteiger charge is 2.34. The largest absolute Gasteiger partial charge is 0.390 e. The number of rotatable bonds is 7. The number of hydrogen-bond acceptors (Lipinski definition) is 8. The van der Waals surface area contributed by atoms with Gasteiger partial charge in [-0.2, -0.15) is 5.10 Å². The molecule has 2 aliphatic rings. The molecule has 2 aliphatic heterocycles. The molecular formula is C26H34ClN7O2S. The van der Waals surface area contributed by atoms with Crippen LogP contribution >= 0.6 is 23.5 Å². The van der Waals surface area contributed by atoms with Gasteiger partial charge in [-0.05, 0) is 50.9 Å². The lowest BCUT2D eigenvalue weighted by Gasteiger charge is -2.35. The highest BCUT2D eigenvalue weighted by atomic mass is 35.5. The predicted molar refractivity (Wildman–Crippen MR) is 150 cm³/mol. The van der Waals surface area contributed by atoms with Gasteiger partial charge < -0.3 is 24.9 Å². The predicted octanol–water partition coefficient (Wildman–Crippen LogP) is 3.91. The molecule has 3 N–H and O–H groups in total. The molecule has 4 heterocycles. The van der Waals surface area contributed by atoms with Crippen molar-refractivity contribution < 1.29 is 9.90 Å². The smallest absolute Gasteiger partial charge is 0.256 e. The molecule has 3 aromatic rings. The van der Waals surface area contributed by atoms with E-state index in [1.54, 1.807) is 16.6 Å². The number of anilines is 2. The van der Waals surface area contributed by atoms with Gasteiger partial charge in [-0.3, -0.25) is 4.79 Å². The topological polar surface area (TPSA) is 98.0 Å².